The summed E-state index contributed by atoms with van der Waals surface area (Å²) < 4.78 is 13.3. The lowest BCUT2D eigenvalue weighted by Gasteiger charge is -2.36. The normalized spacial score (nSPS) is 14.9. The van der Waals surface area contributed by atoms with Gasteiger partial charge >= 0.3 is 0 Å². The lowest BCUT2D eigenvalue weighted by Crippen LogP contribution is -2.53. The smallest absolute Gasteiger partial charge is 0.225 e. The average molecular weight is 385 g/mol. The molecule has 3 rings (SSSR count). The van der Waals surface area contributed by atoms with Gasteiger partial charge in [0.25, 0.3) is 0 Å². The number of nitrogens with zero attached hydrogens (tertiary/aromatic N) is 6. The molecule has 1 aromatic heterocycles. The second-order valence-corrected chi connectivity index (χ2v) is 6.75. The Hall–Kier alpha value is -2.90. The van der Waals surface area contributed by atoms with E-state index in [0.29, 0.717) is 0 Å². The van der Waals surface area contributed by atoms with E-state index in [1.165, 1.54) is 6.07 Å². The van der Waals surface area contributed by atoms with E-state index in [-0.39, 0.29) is 5.82 Å². The molecule has 150 valence electrons. The number of halogens is 1. The Morgan fingerprint density at radius 3 is 2.61 bits per heavy atom. The Bertz CT molecular complexity index is 760. The summed E-state index contributed by atoms with van der Waals surface area (Å²) in [6, 6.07) is 8.51. The Balaban J connectivity index is 1.40. The van der Waals surface area contributed by atoms with Crippen molar-refractivity contribution in [3.8, 4) is 0 Å². The van der Waals surface area contributed by atoms with Crippen LogP contribution in [0.15, 0.2) is 47.7 Å². The van der Waals surface area contributed by atoms with E-state index in [4.69, 9.17) is 0 Å². The third-order valence-electron chi connectivity index (χ3n) is 4.83. The monoisotopic (exact) mass is 385 g/mol. The maximum atomic E-state index is 13.3. The number of piperazine rings is 1. The van der Waals surface area contributed by atoms with E-state index >= 15 is 0 Å². The first kappa shape index (κ1) is 19.9. The van der Waals surface area contributed by atoms with Crippen molar-refractivity contribution < 1.29 is 4.39 Å². The van der Waals surface area contributed by atoms with Crippen LogP contribution >= 0.6 is 0 Å². The molecular formula is C20H28FN7. The lowest BCUT2D eigenvalue weighted by molar-refractivity contribution is 0.370. The minimum Gasteiger partial charge on any atom is -0.374 e. The zero-order chi connectivity index (χ0) is 19.8. The van der Waals surface area contributed by atoms with Crippen LogP contribution in [-0.2, 0) is 0 Å². The summed E-state index contributed by atoms with van der Waals surface area (Å²) in [6.45, 7) is 5.14. The maximum Gasteiger partial charge on any atom is 0.225 e. The standard InChI is InChI=1S/C20H28FN7/c1-22-19(23-10-5-11-26(2)18-7-3-6-17(21)16-18)27-12-14-28(15-13-27)20-24-8-4-9-25-20/h3-4,6-9,16H,5,10-15H2,1-2H3,(H,22,23). The molecule has 0 atom stereocenters. The van der Waals surface area contributed by atoms with Crippen molar-refractivity contribution in [3.63, 3.8) is 0 Å². The van der Waals surface area contributed by atoms with Crippen molar-refractivity contribution in [1.29, 1.82) is 0 Å². The molecule has 0 radical (unpaired) electrons. The first-order chi connectivity index (χ1) is 13.7. The predicted molar refractivity (Wildman–Crippen MR) is 111 cm³/mol. The van der Waals surface area contributed by atoms with Crippen LogP contribution in [-0.4, -0.2) is 74.2 Å². The van der Waals surface area contributed by atoms with Crippen molar-refractivity contribution in [3.05, 3.63) is 48.5 Å². The van der Waals surface area contributed by atoms with Crippen molar-refractivity contribution in [1.82, 2.24) is 20.2 Å². The van der Waals surface area contributed by atoms with Gasteiger partial charge in [-0.25, -0.2) is 14.4 Å². The fourth-order valence-corrected chi connectivity index (χ4v) is 3.26. The molecule has 0 saturated carbocycles. The van der Waals surface area contributed by atoms with Crippen LogP contribution in [0.5, 0.6) is 0 Å². The van der Waals surface area contributed by atoms with Crippen molar-refractivity contribution in [2.75, 3.05) is 63.2 Å². The number of guanidine groups is 1. The molecule has 0 unspecified atom stereocenters. The highest BCUT2D eigenvalue weighted by atomic mass is 19.1. The third-order valence-corrected chi connectivity index (χ3v) is 4.83. The Kier molecular flexibility index (Phi) is 7.00. The second kappa shape index (κ2) is 9.87. The molecule has 0 spiro atoms. The Morgan fingerprint density at radius 2 is 1.93 bits per heavy atom. The van der Waals surface area contributed by atoms with Gasteiger partial charge in [-0.1, -0.05) is 6.07 Å². The number of benzene rings is 1. The topological polar surface area (TPSA) is 59.9 Å². The summed E-state index contributed by atoms with van der Waals surface area (Å²) >= 11 is 0. The van der Waals surface area contributed by atoms with Crippen LogP contribution < -0.4 is 15.1 Å². The van der Waals surface area contributed by atoms with Crippen molar-refractivity contribution in [2.45, 2.75) is 6.42 Å². The Labute approximate surface area is 165 Å². The fourth-order valence-electron chi connectivity index (χ4n) is 3.26. The van der Waals surface area contributed by atoms with E-state index < -0.39 is 0 Å². The van der Waals surface area contributed by atoms with Gasteiger partial charge in [0.1, 0.15) is 5.82 Å². The van der Waals surface area contributed by atoms with Gasteiger partial charge in [0, 0.05) is 71.4 Å². The minimum atomic E-state index is -0.206. The van der Waals surface area contributed by atoms with Crippen molar-refractivity contribution >= 4 is 17.6 Å². The molecule has 1 aliphatic rings. The van der Waals surface area contributed by atoms with Gasteiger partial charge < -0.3 is 20.0 Å². The second-order valence-electron chi connectivity index (χ2n) is 6.75. The molecule has 1 saturated heterocycles. The summed E-state index contributed by atoms with van der Waals surface area (Å²) in [5, 5.41) is 3.44. The number of hydrogen-bond donors (Lipinski definition) is 1. The summed E-state index contributed by atoms with van der Waals surface area (Å²) in [7, 11) is 3.79. The van der Waals surface area contributed by atoms with Crippen LogP contribution in [0.1, 0.15) is 6.42 Å². The highest BCUT2D eigenvalue weighted by Gasteiger charge is 2.20. The van der Waals surface area contributed by atoms with Gasteiger partial charge in [-0.3, -0.25) is 4.99 Å². The van der Waals surface area contributed by atoms with Crippen LogP contribution in [0.3, 0.4) is 0 Å². The summed E-state index contributed by atoms with van der Waals surface area (Å²) in [5.41, 5.74) is 0.892. The quantitative estimate of drug-likeness (QED) is 0.465. The highest BCUT2D eigenvalue weighted by molar-refractivity contribution is 5.80. The molecule has 0 aliphatic carbocycles. The summed E-state index contributed by atoms with van der Waals surface area (Å²) in [4.78, 5) is 19.6. The molecule has 28 heavy (non-hydrogen) atoms. The number of hydrogen-bond acceptors (Lipinski definition) is 5. The number of nitrogens with one attached hydrogen (secondary N) is 1. The van der Waals surface area contributed by atoms with E-state index in [0.717, 1.165) is 63.3 Å². The number of anilines is 2. The number of rotatable bonds is 6. The first-order valence-electron chi connectivity index (χ1n) is 9.61. The molecule has 1 aromatic carbocycles. The molecule has 0 amide bonds. The largest absolute Gasteiger partial charge is 0.374 e. The van der Waals surface area contributed by atoms with E-state index in [2.05, 4.69) is 35.0 Å². The minimum absolute atomic E-state index is 0.206. The van der Waals surface area contributed by atoms with Gasteiger partial charge in [-0.15, -0.1) is 0 Å². The van der Waals surface area contributed by atoms with Gasteiger partial charge in [0.2, 0.25) is 5.95 Å². The first-order valence-corrected chi connectivity index (χ1v) is 9.61. The highest BCUT2D eigenvalue weighted by Crippen LogP contribution is 2.14. The van der Waals surface area contributed by atoms with Gasteiger partial charge in [0.05, 0.1) is 0 Å². The van der Waals surface area contributed by atoms with E-state index in [1.54, 1.807) is 24.5 Å². The number of aromatic nitrogens is 2. The lowest BCUT2D eigenvalue weighted by atomic mass is 10.2. The molecule has 0 bridgehead atoms. The third kappa shape index (κ3) is 5.31. The Morgan fingerprint density at radius 1 is 1.18 bits per heavy atom. The molecule has 1 fully saturated rings. The molecule has 1 aliphatic heterocycles. The van der Waals surface area contributed by atoms with Gasteiger partial charge in [0.15, 0.2) is 5.96 Å². The summed E-state index contributed by atoms with van der Waals surface area (Å²) in [5.74, 6) is 1.50. The van der Waals surface area contributed by atoms with Crippen LogP contribution in [0.25, 0.3) is 0 Å². The van der Waals surface area contributed by atoms with E-state index in [9.17, 15) is 4.39 Å². The zero-order valence-corrected chi connectivity index (χ0v) is 16.6. The molecule has 7 nitrogen and oxygen atoms in total. The molecule has 2 heterocycles. The molecule has 8 heteroatoms. The fraction of sp³-hybridized carbons (Fsp3) is 0.450. The van der Waals surface area contributed by atoms with Crippen LogP contribution in [0, 0.1) is 5.82 Å². The maximum absolute atomic E-state index is 13.3. The van der Waals surface area contributed by atoms with Crippen LogP contribution in [0.2, 0.25) is 0 Å². The van der Waals surface area contributed by atoms with Gasteiger partial charge in [-0.2, -0.15) is 0 Å². The average Bonchev–Trinajstić information content (AvgIpc) is 2.74. The van der Waals surface area contributed by atoms with E-state index in [1.807, 2.05) is 26.2 Å². The van der Waals surface area contributed by atoms with Gasteiger partial charge in [-0.05, 0) is 30.7 Å². The summed E-state index contributed by atoms with van der Waals surface area (Å²) in [6.07, 6.45) is 4.48. The van der Waals surface area contributed by atoms with Crippen molar-refractivity contribution in [2.24, 2.45) is 4.99 Å². The zero-order valence-electron chi connectivity index (χ0n) is 16.6. The SMILES string of the molecule is CN=C(NCCCN(C)c1cccc(F)c1)N1CCN(c2ncccn2)CC1. The predicted octanol–water partition coefficient (Wildman–Crippen LogP) is 1.84. The molecular weight excluding hydrogens is 357 g/mol. The molecule has 2 aromatic rings. The molecule has 1 N–H and O–H groups in total. The van der Waals surface area contributed by atoms with Crippen LogP contribution in [0.4, 0.5) is 16.0 Å². The number of aliphatic imine (C=N–C) groups is 1.